The highest BCUT2D eigenvalue weighted by molar-refractivity contribution is 6.30. The topological polar surface area (TPSA) is 21.3 Å². The minimum absolute atomic E-state index is 0.347. The summed E-state index contributed by atoms with van der Waals surface area (Å²) in [6.07, 6.45) is 2.52. The van der Waals surface area contributed by atoms with Crippen LogP contribution in [0.3, 0.4) is 0 Å². The van der Waals surface area contributed by atoms with Crippen LogP contribution in [0.4, 0.5) is 0 Å². The third-order valence-corrected chi connectivity index (χ3v) is 3.21. The van der Waals surface area contributed by atoms with Gasteiger partial charge >= 0.3 is 0 Å². The molecule has 1 saturated heterocycles. The molecule has 1 aromatic rings. The normalized spacial score (nSPS) is 17.4. The van der Waals surface area contributed by atoms with Crippen molar-refractivity contribution in [3.63, 3.8) is 0 Å². The molecule has 88 valence electrons. The highest BCUT2D eigenvalue weighted by Crippen LogP contribution is 2.29. The Balaban J connectivity index is 2.14. The first-order valence-electron chi connectivity index (χ1n) is 5.81. The fourth-order valence-corrected chi connectivity index (χ4v) is 2.49. The summed E-state index contributed by atoms with van der Waals surface area (Å²) in [5, 5.41) is 4.12. The number of rotatable bonds is 2. The van der Waals surface area contributed by atoms with E-state index in [1.165, 1.54) is 0 Å². The third-order valence-electron chi connectivity index (χ3n) is 3.00. The van der Waals surface area contributed by atoms with E-state index in [1.54, 1.807) is 0 Å². The van der Waals surface area contributed by atoms with Gasteiger partial charge in [0.05, 0.1) is 0 Å². The zero-order valence-corrected chi connectivity index (χ0v) is 10.6. The lowest BCUT2D eigenvalue weighted by molar-refractivity contribution is 0.160. The van der Waals surface area contributed by atoms with Crippen molar-refractivity contribution in [2.75, 3.05) is 13.1 Å². The Kier molecular flexibility index (Phi) is 3.72. The van der Waals surface area contributed by atoms with Crippen LogP contribution in [0.5, 0.6) is 5.75 Å². The van der Waals surface area contributed by atoms with Gasteiger partial charge in [-0.25, -0.2) is 0 Å². The van der Waals surface area contributed by atoms with E-state index in [9.17, 15) is 0 Å². The predicted octanol–water partition coefficient (Wildman–Crippen LogP) is 3.09. The summed E-state index contributed by atoms with van der Waals surface area (Å²) in [4.78, 5) is 0. The lowest BCUT2D eigenvalue weighted by Crippen LogP contribution is -2.34. The van der Waals surface area contributed by atoms with E-state index in [1.807, 2.05) is 12.1 Å². The van der Waals surface area contributed by atoms with Crippen molar-refractivity contribution >= 4 is 11.6 Å². The van der Waals surface area contributed by atoms with Crippen molar-refractivity contribution in [3.8, 4) is 5.75 Å². The van der Waals surface area contributed by atoms with E-state index in [2.05, 4.69) is 19.2 Å². The van der Waals surface area contributed by atoms with Crippen LogP contribution in [0.15, 0.2) is 12.1 Å². The summed E-state index contributed by atoms with van der Waals surface area (Å²) < 4.78 is 6.07. The predicted molar refractivity (Wildman–Crippen MR) is 67.4 cm³/mol. The van der Waals surface area contributed by atoms with Crippen LogP contribution in [-0.2, 0) is 0 Å². The van der Waals surface area contributed by atoms with Crippen LogP contribution in [0, 0.1) is 13.8 Å². The van der Waals surface area contributed by atoms with Crippen molar-refractivity contribution in [3.05, 3.63) is 28.3 Å². The van der Waals surface area contributed by atoms with Crippen LogP contribution in [0.2, 0.25) is 5.02 Å². The first-order valence-corrected chi connectivity index (χ1v) is 6.19. The minimum Gasteiger partial charge on any atom is -0.490 e. The van der Waals surface area contributed by atoms with Crippen molar-refractivity contribution in [2.24, 2.45) is 0 Å². The number of hydrogen-bond donors (Lipinski definition) is 1. The van der Waals surface area contributed by atoms with Gasteiger partial charge in [-0.2, -0.15) is 0 Å². The molecule has 0 saturated carbocycles. The van der Waals surface area contributed by atoms with Crippen LogP contribution in [-0.4, -0.2) is 19.2 Å². The Labute approximate surface area is 102 Å². The summed E-state index contributed by atoms with van der Waals surface area (Å²) in [5.74, 6) is 1.01. The number of hydrogen-bond acceptors (Lipinski definition) is 2. The average molecular weight is 240 g/mol. The zero-order chi connectivity index (χ0) is 11.5. The Hall–Kier alpha value is -0.730. The molecular weight excluding hydrogens is 222 g/mol. The summed E-state index contributed by atoms with van der Waals surface area (Å²) >= 11 is 6.00. The molecule has 2 nitrogen and oxygen atoms in total. The Morgan fingerprint density at radius 3 is 2.31 bits per heavy atom. The largest absolute Gasteiger partial charge is 0.490 e. The van der Waals surface area contributed by atoms with Gasteiger partial charge in [-0.3, -0.25) is 0 Å². The molecule has 2 rings (SSSR count). The van der Waals surface area contributed by atoms with Crippen LogP contribution < -0.4 is 10.1 Å². The summed E-state index contributed by atoms with van der Waals surface area (Å²) in [7, 11) is 0. The van der Waals surface area contributed by atoms with E-state index in [0.717, 1.165) is 47.8 Å². The van der Waals surface area contributed by atoms with Gasteiger partial charge < -0.3 is 10.1 Å². The van der Waals surface area contributed by atoms with Crippen molar-refractivity contribution in [2.45, 2.75) is 32.8 Å². The molecule has 0 bridgehead atoms. The van der Waals surface area contributed by atoms with E-state index >= 15 is 0 Å². The molecule has 1 aliphatic rings. The molecular formula is C13H18ClNO. The highest BCUT2D eigenvalue weighted by Gasteiger charge is 2.16. The van der Waals surface area contributed by atoms with Gasteiger partial charge in [-0.1, -0.05) is 11.6 Å². The van der Waals surface area contributed by atoms with E-state index in [0.29, 0.717) is 6.10 Å². The van der Waals surface area contributed by atoms with E-state index in [-0.39, 0.29) is 0 Å². The zero-order valence-electron chi connectivity index (χ0n) is 9.85. The first-order chi connectivity index (χ1) is 7.66. The number of piperidine rings is 1. The highest BCUT2D eigenvalue weighted by atomic mass is 35.5. The molecule has 0 radical (unpaired) electrons. The molecule has 0 amide bonds. The van der Waals surface area contributed by atoms with Gasteiger partial charge in [0, 0.05) is 5.02 Å². The van der Waals surface area contributed by atoms with Crippen LogP contribution in [0.25, 0.3) is 0 Å². The molecule has 16 heavy (non-hydrogen) atoms. The first kappa shape index (κ1) is 11.7. The summed E-state index contributed by atoms with van der Waals surface area (Å²) in [5.41, 5.74) is 2.26. The monoisotopic (exact) mass is 239 g/mol. The van der Waals surface area contributed by atoms with Crippen molar-refractivity contribution < 1.29 is 4.74 Å². The van der Waals surface area contributed by atoms with Crippen LogP contribution >= 0.6 is 11.6 Å². The number of halogens is 1. The maximum absolute atomic E-state index is 6.07. The number of benzene rings is 1. The van der Waals surface area contributed by atoms with Gasteiger partial charge in [0.25, 0.3) is 0 Å². The molecule has 0 aliphatic carbocycles. The maximum Gasteiger partial charge on any atom is 0.125 e. The molecule has 0 spiro atoms. The Bertz CT molecular complexity index is 349. The Morgan fingerprint density at radius 2 is 1.75 bits per heavy atom. The average Bonchev–Trinajstić information content (AvgIpc) is 2.25. The van der Waals surface area contributed by atoms with Crippen molar-refractivity contribution in [1.82, 2.24) is 5.32 Å². The standard InChI is InChI=1S/C13H18ClNO/c1-9-7-11(14)8-10(2)13(9)16-12-3-5-15-6-4-12/h7-8,12,15H,3-6H2,1-2H3. The molecule has 1 aliphatic heterocycles. The third kappa shape index (κ3) is 2.69. The second-order valence-corrected chi connectivity index (χ2v) is 4.87. The number of nitrogens with one attached hydrogen (secondary N) is 1. The van der Waals surface area contributed by atoms with Crippen molar-refractivity contribution in [1.29, 1.82) is 0 Å². The van der Waals surface area contributed by atoms with E-state index < -0.39 is 0 Å². The molecule has 1 aromatic carbocycles. The fourth-order valence-electron chi connectivity index (χ4n) is 2.16. The molecule has 3 heteroatoms. The molecule has 0 unspecified atom stereocenters. The van der Waals surface area contributed by atoms with E-state index in [4.69, 9.17) is 16.3 Å². The molecule has 1 fully saturated rings. The van der Waals surface area contributed by atoms with Gasteiger partial charge in [-0.05, 0) is 63.0 Å². The molecule has 0 atom stereocenters. The smallest absolute Gasteiger partial charge is 0.125 e. The van der Waals surface area contributed by atoms with Gasteiger partial charge in [-0.15, -0.1) is 0 Å². The fraction of sp³-hybridized carbons (Fsp3) is 0.538. The molecule has 1 N–H and O–H groups in total. The minimum atomic E-state index is 0.347. The number of ether oxygens (including phenoxy) is 1. The second kappa shape index (κ2) is 5.07. The van der Waals surface area contributed by atoms with Gasteiger partial charge in [0.15, 0.2) is 0 Å². The molecule has 0 aromatic heterocycles. The van der Waals surface area contributed by atoms with Gasteiger partial charge in [0.2, 0.25) is 0 Å². The lowest BCUT2D eigenvalue weighted by atomic mass is 10.1. The second-order valence-electron chi connectivity index (χ2n) is 4.44. The summed E-state index contributed by atoms with van der Waals surface area (Å²) in [6, 6.07) is 3.93. The van der Waals surface area contributed by atoms with Crippen LogP contribution in [0.1, 0.15) is 24.0 Å². The lowest BCUT2D eigenvalue weighted by Gasteiger charge is -2.25. The quantitative estimate of drug-likeness (QED) is 0.857. The Morgan fingerprint density at radius 1 is 1.19 bits per heavy atom. The molecule has 1 heterocycles. The number of aryl methyl sites for hydroxylation is 2. The summed E-state index contributed by atoms with van der Waals surface area (Å²) in [6.45, 7) is 6.21. The SMILES string of the molecule is Cc1cc(Cl)cc(C)c1OC1CCNCC1. The van der Waals surface area contributed by atoms with Gasteiger partial charge in [0.1, 0.15) is 11.9 Å². The maximum atomic E-state index is 6.07.